The van der Waals surface area contributed by atoms with Crippen LogP contribution in [0.25, 0.3) is 0 Å². The summed E-state index contributed by atoms with van der Waals surface area (Å²) in [5.74, 6) is 1.32. The number of anilines is 1. The van der Waals surface area contributed by atoms with Crippen LogP contribution in [0.2, 0.25) is 0 Å². The van der Waals surface area contributed by atoms with Gasteiger partial charge >= 0.3 is 0 Å². The molecule has 0 aromatic heterocycles. The number of hydrogen-bond acceptors (Lipinski definition) is 6. The van der Waals surface area contributed by atoms with Gasteiger partial charge in [-0.2, -0.15) is 0 Å². The summed E-state index contributed by atoms with van der Waals surface area (Å²) >= 11 is 0. The lowest BCUT2D eigenvalue weighted by atomic mass is 10.2. The fourth-order valence-corrected chi connectivity index (χ4v) is 4.61. The van der Waals surface area contributed by atoms with Gasteiger partial charge in [0.15, 0.2) is 9.84 Å². The lowest BCUT2D eigenvalue weighted by Crippen LogP contribution is -2.43. The molecule has 0 aliphatic carbocycles. The molecular weight excluding hydrogens is 332 g/mol. The van der Waals surface area contributed by atoms with E-state index in [-0.39, 0.29) is 30.0 Å². The molecule has 134 valence electrons. The number of amides is 1. The second-order valence-corrected chi connectivity index (χ2v) is 7.89. The highest BCUT2D eigenvalue weighted by Crippen LogP contribution is 2.29. The van der Waals surface area contributed by atoms with Crippen molar-refractivity contribution in [2.24, 2.45) is 0 Å². The number of nitrogens with one attached hydrogen (secondary N) is 1. The Bertz CT molecular complexity index is 690. The molecule has 1 fully saturated rings. The number of sulfone groups is 1. The number of nitrogens with zero attached hydrogens (tertiary/aromatic N) is 1. The number of carbonyl (C=O) groups excluding carboxylic acids is 1. The normalized spacial score (nSPS) is 18.9. The number of likely N-dealkylation sites (N-methyl/N-ethyl adjacent to an activating group) is 1. The van der Waals surface area contributed by atoms with Crippen molar-refractivity contribution < 1.29 is 22.7 Å². The average Bonchev–Trinajstić information content (AvgIpc) is 2.93. The van der Waals surface area contributed by atoms with Gasteiger partial charge in [0.05, 0.1) is 38.0 Å². The van der Waals surface area contributed by atoms with Crippen LogP contribution >= 0.6 is 0 Å². The summed E-state index contributed by atoms with van der Waals surface area (Å²) in [6.07, 6.45) is 0.508. The molecule has 1 N–H and O–H groups in total. The van der Waals surface area contributed by atoms with Gasteiger partial charge in [-0.3, -0.25) is 4.79 Å². The number of benzene rings is 1. The first-order valence-electron chi connectivity index (χ1n) is 7.86. The molecule has 1 aromatic carbocycles. The zero-order valence-corrected chi connectivity index (χ0v) is 15.1. The van der Waals surface area contributed by atoms with Crippen LogP contribution in [0.5, 0.6) is 11.5 Å². The molecule has 1 saturated heterocycles. The zero-order valence-electron chi connectivity index (χ0n) is 14.2. The standard InChI is InChI=1S/C16H24N2O5S/c1-4-18(12-7-8-24(20,21)11-12)16(19)10-17-14-6-5-13(22-2)9-15(14)23-3/h5-6,9,12,17H,4,7-8,10-11H2,1-3H3. The molecular formula is C16H24N2O5S. The topological polar surface area (TPSA) is 84.9 Å². The first-order chi connectivity index (χ1) is 11.4. The van der Waals surface area contributed by atoms with Crippen molar-refractivity contribution in [3.8, 4) is 11.5 Å². The van der Waals surface area contributed by atoms with Crippen molar-refractivity contribution in [1.29, 1.82) is 0 Å². The van der Waals surface area contributed by atoms with Crippen molar-refractivity contribution in [2.45, 2.75) is 19.4 Å². The lowest BCUT2D eigenvalue weighted by Gasteiger charge is -2.27. The Morgan fingerprint density at radius 1 is 1.33 bits per heavy atom. The van der Waals surface area contributed by atoms with Crippen LogP contribution in [-0.2, 0) is 14.6 Å². The third-order valence-electron chi connectivity index (χ3n) is 4.15. The van der Waals surface area contributed by atoms with E-state index in [1.807, 2.05) is 6.92 Å². The third-order valence-corrected chi connectivity index (χ3v) is 5.90. The maximum atomic E-state index is 12.5. The van der Waals surface area contributed by atoms with Crippen molar-refractivity contribution in [3.05, 3.63) is 18.2 Å². The van der Waals surface area contributed by atoms with E-state index in [0.717, 1.165) is 0 Å². The summed E-state index contributed by atoms with van der Waals surface area (Å²) in [5.41, 5.74) is 0.682. The van der Waals surface area contributed by atoms with Gasteiger partial charge in [-0.25, -0.2) is 8.42 Å². The van der Waals surface area contributed by atoms with Crippen molar-refractivity contribution >= 4 is 21.4 Å². The minimum Gasteiger partial charge on any atom is -0.497 e. The Morgan fingerprint density at radius 3 is 2.62 bits per heavy atom. The molecule has 1 aliphatic heterocycles. The van der Waals surface area contributed by atoms with E-state index in [4.69, 9.17) is 9.47 Å². The average molecular weight is 356 g/mol. The van der Waals surface area contributed by atoms with Gasteiger partial charge in [0, 0.05) is 18.7 Å². The fraction of sp³-hybridized carbons (Fsp3) is 0.562. The highest BCUT2D eigenvalue weighted by Gasteiger charge is 2.33. The molecule has 1 aromatic rings. The first kappa shape index (κ1) is 18.4. The van der Waals surface area contributed by atoms with Crippen LogP contribution in [0.4, 0.5) is 5.69 Å². The summed E-state index contributed by atoms with van der Waals surface area (Å²) < 4.78 is 33.7. The Balaban J connectivity index is 2.01. The van der Waals surface area contributed by atoms with E-state index in [1.54, 1.807) is 37.3 Å². The number of hydrogen-bond donors (Lipinski definition) is 1. The molecule has 2 rings (SSSR count). The van der Waals surface area contributed by atoms with E-state index in [9.17, 15) is 13.2 Å². The van der Waals surface area contributed by atoms with E-state index >= 15 is 0 Å². The summed E-state index contributed by atoms with van der Waals surface area (Å²) in [4.78, 5) is 14.1. The van der Waals surface area contributed by atoms with Crippen LogP contribution < -0.4 is 14.8 Å². The zero-order chi connectivity index (χ0) is 17.7. The second kappa shape index (κ2) is 7.74. The Kier molecular flexibility index (Phi) is 5.93. The Labute approximate surface area is 142 Å². The molecule has 0 radical (unpaired) electrons. The van der Waals surface area contributed by atoms with Crippen LogP contribution in [0.15, 0.2) is 18.2 Å². The van der Waals surface area contributed by atoms with Gasteiger partial charge in [0.1, 0.15) is 11.5 Å². The van der Waals surface area contributed by atoms with Gasteiger partial charge in [0.25, 0.3) is 0 Å². The molecule has 24 heavy (non-hydrogen) atoms. The maximum Gasteiger partial charge on any atom is 0.242 e. The van der Waals surface area contributed by atoms with Crippen LogP contribution in [0, 0.1) is 0 Å². The largest absolute Gasteiger partial charge is 0.497 e. The number of rotatable bonds is 7. The fourth-order valence-electron chi connectivity index (χ4n) is 2.88. The quantitative estimate of drug-likeness (QED) is 0.789. The van der Waals surface area contributed by atoms with Gasteiger partial charge in [-0.15, -0.1) is 0 Å². The van der Waals surface area contributed by atoms with Crippen LogP contribution in [0.3, 0.4) is 0 Å². The summed E-state index contributed by atoms with van der Waals surface area (Å²) in [6, 6.07) is 5.05. The van der Waals surface area contributed by atoms with Crippen molar-refractivity contribution in [3.63, 3.8) is 0 Å². The first-order valence-corrected chi connectivity index (χ1v) is 9.68. The molecule has 0 bridgehead atoms. The van der Waals surface area contributed by atoms with Gasteiger partial charge in [0.2, 0.25) is 5.91 Å². The lowest BCUT2D eigenvalue weighted by molar-refractivity contribution is -0.130. The van der Waals surface area contributed by atoms with Crippen LogP contribution in [0.1, 0.15) is 13.3 Å². The maximum absolute atomic E-state index is 12.5. The third kappa shape index (κ3) is 4.31. The molecule has 1 atom stereocenters. The van der Waals surface area contributed by atoms with Crippen LogP contribution in [-0.4, -0.2) is 64.1 Å². The van der Waals surface area contributed by atoms with Crippen molar-refractivity contribution in [1.82, 2.24) is 4.90 Å². The molecule has 1 amide bonds. The Morgan fingerprint density at radius 2 is 2.08 bits per heavy atom. The monoisotopic (exact) mass is 356 g/mol. The number of ether oxygens (including phenoxy) is 2. The summed E-state index contributed by atoms with van der Waals surface area (Å²) in [5, 5.41) is 3.05. The highest BCUT2D eigenvalue weighted by molar-refractivity contribution is 7.91. The van der Waals surface area contributed by atoms with Gasteiger partial charge in [-0.05, 0) is 25.5 Å². The minimum absolute atomic E-state index is 0.0540. The number of carbonyl (C=O) groups is 1. The van der Waals surface area contributed by atoms with E-state index in [2.05, 4.69) is 5.32 Å². The molecule has 8 heteroatoms. The molecule has 0 saturated carbocycles. The van der Waals surface area contributed by atoms with E-state index < -0.39 is 9.84 Å². The van der Waals surface area contributed by atoms with Gasteiger partial charge < -0.3 is 19.7 Å². The molecule has 1 unspecified atom stereocenters. The highest BCUT2D eigenvalue weighted by atomic mass is 32.2. The summed E-state index contributed by atoms with van der Waals surface area (Å²) in [7, 11) is 0.0970. The molecule has 0 spiro atoms. The van der Waals surface area contributed by atoms with E-state index in [0.29, 0.717) is 30.2 Å². The molecule has 1 aliphatic rings. The smallest absolute Gasteiger partial charge is 0.242 e. The van der Waals surface area contributed by atoms with Gasteiger partial charge in [-0.1, -0.05) is 0 Å². The van der Waals surface area contributed by atoms with Crippen molar-refractivity contribution in [2.75, 3.05) is 44.1 Å². The second-order valence-electron chi connectivity index (χ2n) is 5.66. The summed E-state index contributed by atoms with van der Waals surface area (Å²) in [6.45, 7) is 2.42. The SMILES string of the molecule is CCN(C(=O)CNc1ccc(OC)cc1OC)C1CCS(=O)(=O)C1. The predicted molar refractivity (Wildman–Crippen MR) is 92.5 cm³/mol. The predicted octanol–water partition coefficient (Wildman–Crippen LogP) is 1.15. The minimum atomic E-state index is -3.02. The molecule has 1 heterocycles. The van der Waals surface area contributed by atoms with E-state index in [1.165, 1.54) is 0 Å². The number of methoxy groups -OCH3 is 2. The Hall–Kier alpha value is -1.96. The molecule has 7 nitrogen and oxygen atoms in total.